The van der Waals surface area contributed by atoms with Crippen LogP contribution in [0.2, 0.25) is 0 Å². The third kappa shape index (κ3) is 5.28. The van der Waals surface area contributed by atoms with Crippen LogP contribution in [0.5, 0.6) is 0 Å². The molecular formula is C23H24N4O3S. The SMILES string of the molecule is O=C(c1cnn(Cc2ccccc2)c1)N1CCN(S(=O)(=O)C=Cc2ccccc2)CC1. The van der Waals surface area contributed by atoms with Gasteiger partial charge in [0.05, 0.1) is 18.3 Å². The summed E-state index contributed by atoms with van der Waals surface area (Å²) in [6.07, 6.45) is 4.89. The van der Waals surface area contributed by atoms with E-state index in [0.717, 1.165) is 11.1 Å². The number of piperazine rings is 1. The van der Waals surface area contributed by atoms with Crippen molar-refractivity contribution in [2.75, 3.05) is 26.2 Å². The minimum absolute atomic E-state index is 0.129. The number of carbonyl (C=O) groups excluding carboxylic acids is 1. The second-order valence-electron chi connectivity index (χ2n) is 7.36. The van der Waals surface area contributed by atoms with Crippen LogP contribution >= 0.6 is 0 Å². The van der Waals surface area contributed by atoms with Gasteiger partial charge in [-0.3, -0.25) is 9.48 Å². The maximum Gasteiger partial charge on any atom is 0.257 e. The van der Waals surface area contributed by atoms with Gasteiger partial charge in [0.15, 0.2) is 0 Å². The van der Waals surface area contributed by atoms with Crippen molar-refractivity contribution in [1.29, 1.82) is 0 Å². The van der Waals surface area contributed by atoms with Crippen LogP contribution in [-0.4, -0.2) is 59.5 Å². The molecule has 1 fully saturated rings. The van der Waals surface area contributed by atoms with Crippen molar-refractivity contribution >= 4 is 22.0 Å². The van der Waals surface area contributed by atoms with Crippen LogP contribution in [0, 0.1) is 0 Å². The van der Waals surface area contributed by atoms with E-state index in [9.17, 15) is 13.2 Å². The largest absolute Gasteiger partial charge is 0.336 e. The molecule has 8 heteroatoms. The Bertz CT molecular complexity index is 1150. The number of rotatable bonds is 6. The van der Waals surface area contributed by atoms with Crippen molar-refractivity contribution in [2.45, 2.75) is 6.54 Å². The van der Waals surface area contributed by atoms with Gasteiger partial charge in [0, 0.05) is 37.8 Å². The quantitative estimate of drug-likeness (QED) is 0.595. The Kier molecular flexibility index (Phi) is 6.29. The topological polar surface area (TPSA) is 75.5 Å². The van der Waals surface area contributed by atoms with E-state index in [1.165, 1.54) is 9.71 Å². The fraction of sp³-hybridized carbons (Fsp3) is 0.217. The van der Waals surface area contributed by atoms with Gasteiger partial charge in [-0.25, -0.2) is 8.42 Å². The number of sulfonamides is 1. The number of aromatic nitrogens is 2. The molecule has 0 N–H and O–H groups in total. The number of benzene rings is 2. The average molecular weight is 437 g/mol. The molecule has 3 aromatic rings. The first-order chi connectivity index (χ1) is 15.0. The summed E-state index contributed by atoms with van der Waals surface area (Å²) in [6.45, 7) is 1.83. The summed E-state index contributed by atoms with van der Waals surface area (Å²) >= 11 is 0. The molecule has 31 heavy (non-hydrogen) atoms. The fourth-order valence-corrected chi connectivity index (χ4v) is 4.65. The van der Waals surface area contributed by atoms with E-state index in [4.69, 9.17) is 0 Å². The molecule has 1 aromatic heterocycles. The highest BCUT2D eigenvalue weighted by atomic mass is 32.2. The smallest absolute Gasteiger partial charge is 0.257 e. The summed E-state index contributed by atoms with van der Waals surface area (Å²) in [4.78, 5) is 14.5. The lowest BCUT2D eigenvalue weighted by Crippen LogP contribution is -2.50. The molecule has 0 spiro atoms. The second kappa shape index (κ2) is 9.28. The van der Waals surface area contributed by atoms with Gasteiger partial charge in [-0.05, 0) is 17.2 Å². The molecule has 0 radical (unpaired) electrons. The Morgan fingerprint density at radius 2 is 1.58 bits per heavy atom. The summed E-state index contributed by atoms with van der Waals surface area (Å²) in [5, 5.41) is 5.52. The third-order valence-corrected chi connectivity index (χ3v) is 6.75. The Morgan fingerprint density at radius 1 is 0.935 bits per heavy atom. The van der Waals surface area contributed by atoms with Gasteiger partial charge in [-0.2, -0.15) is 9.40 Å². The number of nitrogens with zero attached hydrogens (tertiary/aromatic N) is 4. The van der Waals surface area contributed by atoms with Crippen molar-refractivity contribution in [3.05, 3.63) is 95.2 Å². The molecule has 1 amide bonds. The normalized spacial score (nSPS) is 15.4. The molecule has 2 heterocycles. The lowest BCUT2D eigenvalue weighted by atomic mass is 10.2. The summed E-state index contributed by atoms with van der Waals surface area (Å²) in [7, 11) is -3.53. The van der Waals surface area contributed by atoms with Gasteiger partial charge in [-0.1, -0.05) is 60.7 Å². The molecule has 4 rings (SSSR count). The van der Waals surface area contributed by atoms with Crippen LogP contribution < -0.4 is 0 Å². The van der Waals surface area contributed by atoms with E-state index in [1.54, 1.807) is 28.1 Å². The van der Waals surface area contributed by atoms with Crippen molar-refractivity contribution in [3.8, 4) is 0 Å². The minimum atomic E-state index is -3.53. The molecule has 1 saturated heterocycles. The Labute approximate surface area is 182 Å². The zero-order valence-corrected chi connectivity index (χ0v) is 17.9. The van der Waals surface area contributed by atoms with Crippen LogP contribution in [0.15, 0.2) is 78.5 Å². The third-order valence-electron chi connectivity index (χ3n) is 5.19. The molecule has 1 aliphatic rings. The van der Waals surface area contributed by atoms with E-state index in [2.05, 4.69) is 5.10 Å². The standard InChI is InChI=1S/C23H24N4O3S/c28-23(22-17-24-26(19-22)18-21-9-5-2-6-10-21)25-12-14-27(15-13-25)31(29,30)16-11-20-7-3-1-4-8-20/h1-11,16-17,19H,12-15,18H2. The Balaban J connectivity index is 1.34. The van der Waals surface area contributed by atoms with Crippen LogP contribution in [0.1, 0.15) is 21.5 Å². The minimum Gasteiger partial charge on any atom is -0.336 e. The second-order valence-corrected chi connectivity index (χ2v) is 9.18. The first-order valence-electron chi connectivity index (χ1n) is 10.1. The predicted octanol–water partition coefficient (Wildman–Crippen LogP) is 2.69. The highest BCUT2D eigenvalue weighted by Crippen LogP contribution is 2.14. The Morgan fingerprint density at radius 3 is 2.26 bits per heavy atom. The number of carbonyl (C=O) groups is 1. The van der Waals surface area contributed by atoms with Crippen molar-refractivity contribution in [2.24, 2.45) is 0 Å². The van der Waals surface area contributed by atoms with E-state index < -0.39 is 10.0 Å². The summed E-state index contributed by atoms with van der Waals surface area (Å²) < 4.78 is 28.4. The highest BCUT2D eigenvalue weighted by molar-refractivity contribution is 7.92. The molecule has 160 valence electrons. The number of amides is 1. The predicted molar refractivity (Wildman–Crippen MR) is 120 cm³/mol. The lowest BCUT2D eigenvalue weighted by Gasteiger charge is -2.33. The first kappa shape index (κ1) is 21.0. The van der Waals surface area contributed by atoms with Crippen LogP contribution in [0.25, 0.3) is 6.08 Å². The van der Waals surface area contributed by atoms with Gasteiger partial charge in [0.25, 0.3) is 5.91 Å². The maximum atomic E-state index is 12.8. The van der Waals surface area contributed by atoms with Crippen LogP contribution in [-0.2, 0) is 16.6 Å². The van der Waals surface area contributed by atoms with Crippen LogP contribution in [0.3, 0.4) is 0 Å². The van der Waals surface area contributed by atoms with Gasteiger partial charge >= 0.3 is 0 Å². The molecule has 0 unspecified atom stereocenters. The van der Waals surface area contributed by atoms with Crippen molar-refractivity contribution < 1.29 is 13.2 Å². The Hall–Kier alpha value is -3.23. The zero-order chi connectivity index (χ0) is 21.7. The van der Waals surface area contributed by atoms with E-state index in [0.29, 0.717) is 25.2 Å². The summed E-state index contributed by atoms with van der Waals surface area (Å²) in [5.41, 5.74) is 2.44. The fourth-order valence-electron chi connectivity index (χ4n) is 3.47. The molecule has 1 aliphatic heterocycles. The average Bonchev–Trinajstić information content (AvgIpc) is 3.27. The van der Waals surface area contributed by atoms with Crippen molar-refractivity contribution in [3.63, 3.8) is 0 Å². The molecule has 0 bridgehead atoms. The molecule has 0 saturated carbocycles. The number of hydrogen-bond acceptors (Lipinski definition) is 4. The van der Waals surface area contributed by atoms with E-state index >= 15 is 0 Å². The van der Waals surface area contributed by atoms with Gasteiger partial charge in [-0.15, -0.1) is 0 Å². The van der Waals surface area contributed by atoms with Gasteiger partial charge in [0.1, 0.15) is 0 Å². The molecule has 2 aromatic carbocycles. The molecule has 7 nitrogen and oxygen atoms in total. The zero-order valence-electron chi connectivity index (χ0n) is 17.0. The van der Waals surface area contributed by atoms with E-state index in [-0.39, 0.29) is 19.0 Å². The molecular weight excluding hydrogens is 412 g/mol. The van der Waals surface area contributed by atoms with Crippen LogP contribution in [0.4, 0.5) is 0 Å². The molecule has 0 atom stereocenters. The maximum absolute atomic E-state index is 12.8. The van der Waals surface area contributed by atoms with Crippen molar-refractivity contribution in [1.82, 2.24) is 19.0 Å². The lowest BCUT2D eigenvalue weighted by molar-refractivity contribution is 0.0698. The summed E-state index contributed by atoms with van der Waals surface area (Å²) in [5.74, 6) is -0.129. The monoisotopic (exact) mass is 436 g/mol. The van der Waals surface area contributed by atoms with Gasteiger partial charge < -0.3 is 4.90 Å². The molecule has 0 aliphatic carbocycles. The first-order valence-corrected chi connectivity index (χ1v) is 11.6. The number of hydrogen-bond donors (Lipinski definition) is 0. The van der Waals surface area contributed by atoms with Gasteiger partial charge in [0.2, 0.25) is 10.0 Å². The summed E-state index contributed by atoms with van der Waals surface area (Å²) in [6, 6.07) is 19.2. The highest BCUT2D eigenvalue weighted by Gasteiger charge is 2.28. The van der Waals surface area contributed by atoms with E-state index in [1.807, 2.05) is 60.7 Å².